The molecule has 1 fully saturated rings. The number of hydrogen-bond acceptors (Lipinski definition) is 3. The Balaban J connectivity index is 1.77. The summed E-state index contributed by atoms with van der Waals surface area (Å²) in [4.78, 5) is 14.3. The summed E-state index contributed by atoms with van der Waals surface area (Å²) < 4.78 is 0. The van der Waals surface area contributed by atoms with E-state index < -0.39 is 0 Å². The SMILES string of the molecule is O=C(Nc1cn[nH]c1)N1CCSC[C@@H]1c1ccc(Cl)cc1. The van der Waals surface area contributed by atoms with E-state index in [-0.39, 0.29) is 12.1 Å². The highest BCUT2D eigenvalue weighted by Gasteiger charge is 2.28. The molecule has 5 nitrogen and oxygen atoms in total. The molecule has 0 saturated carbocycles. The van der Waals surface area contributed by atoms with Crippen molar-refractivity contribution < 1.29 is 4.79 Å². The maximum Gasteiger partial charge on any atom is 0.322 e. The second-order valence-corrected chi connectivity index (χ2v) is 6.34. The zero-order chi connectivity index (χ0) is 14.7. The van der Waals surface area contributed by atoms with E-state index in [1.807, 2.05) is 40.9 Å². The van der Waals surface area contributed by atoms with E-state index in [0.29, 0.717) is 10.7 Å². The van der Waals surface area contributed by atoms with Gasteiger partial charge in [-0.05, 0) is 17.7 Å². The van der Waals surface area contributed by atoms with Crippen LogP contribution in [0.4, 0.5) is 10.5 Å². The van der Waals surface area contributed by atoms with Crippen LogP contribution in [0.5, 0.6) is 0 Å². The predicted molar refractivity (Wildman–Crippen MR) is 85.8 cm³/mol. The van der Waals surface area contributed by atoms with Crippen LogP contribution in [0.25, 0.3) is 0 Å². The molecule has 0 aliphatic carbocycles. The lowest BCUT2D eigenvalue weighted by Gasteiger charge is -2.35. The number of carbonyl (C=O) groups is 1. The Morgan fingerprint density at radius 1 is 1.43 bits per heavy atom. The van der Waals surface area contributed by atoms with Crippen LogP contribution in [0, 0.1) is 0 Å². The second kappa shape index (κ2) is 6.41. The minimum Gasteiger partial charge on any atom is -0.316 e. The number of amides is 2. The summed E-state index contributed by atoms with van der Waals surface area (Å²) in [5, 5.41) is 10.1. The number of thioether (sulfide) groups is 1. The number of aromatic nitrogens is 2. The van der Waals surface area contributed by atoms with Gasteiger partial charge in [0.1, 0.15) is 0 Å². The molecule has 0 radical (unpaired) electrons. The number of nitrogens with one attached hydrogen (secondary N) is 2. The number of hydrogen-bond donors (Lipinski definition) is 2. The molecular weight excluding hydrogens is 308 g/mol. The fourth-order valence-electron chi connectivity index (χ4n) is 2.32. The van der Waals surface area contributed by atoms with Crippen LogP contribution in [-0.4, -0.2) is 39.2 Å². The highest BCUT2D eigenvalue weighted by atomic mass is 35.5. The second-order valence-electron chi connectivity index (χ2n) is 4.75. The zero-order valence-corrected chi connectivity index (χ0v) is 12.8. The summed E-state index contributed by atoms with van der Waals surface area (Å²) in [6.45, 7) is 0.724. The number of anilines is 1. The normalized spacial score (nSPS) is 18.5. The number of benzene rings is 1. The first kappa shape index (κ1) is 14.3. The molecule has 2 amide bonds. The Hall–Kier alpha value is -1.66. The molecule has 7 heteroatoms. The minimum absolute atomic E-state index is 0.0629. The van der Waals surface area contributed by atoms with Crippen molar-refractivity contribution in [2.45, 2.75) is 6.04 Å². The number of aromatic amines is 1. The third-order valence-electron chi connectivity index (χ3n) is 3.39. The van der Waals surface area contributed by atoms with Gasteiger partial charge >= 0.3 is 6.03 Å². The Labute approximate surface area is 132 Å². The highest BCUT2D eigenvalue weighted by molar-refractivity contribution is 7.99. The summed E-state index contributed by atoms with van der Waals surface area (Å²) in [6.07, 6.45) is 3.25. The maximum absolute atomic E-state index is 12.5. The lowest BCUT2D eigenvalue weighted by molar-refractivity contribution is 0.196. The molecule has 0 spiro atoms. The number of carbonyl (C=O) groups excluding carboxylic acids is 1. The average molecular weight is 323 g/mol. The molecule has 1 aliphatic heterocycles. The summed E-state index contributed by atoms with van der Waals surface area (Å²) in [5.74, 6) is 1.84. The van der Waals surface area contributed by atoms with Gasteiger partial charge in [-0.15, -0.1) is 0 Å². The molecule has 21 heavy (non-hydrogen) atoms. The van der Waals surface area contributed by atoms with Crippen molar-refractivity contribution in [1.29, 1.82) is 0 Å². The van der Waals surface area contributed by atoms with Crippen LogP contribution in [0.1, 0.15) is 11.6 Å². The van der Waals surface area contributed by atoms with Crippen LogP contribution in [-0.2, 0) is 0 Å². The lowest BCUT2D eigenvalue weighted by Crippen LogP contribution is -2.43. The number of urea groups is 1. The number of halogens is 1. The van der Waals surface area contributed by atoms with Crippen LogP contribution in [0.2, 0.25) is 5.02 Å². The van der Waals surface area contributed by atoms with E-state index in [1.165, 1.54) is 0 Å². The molecule has 2 heterocycles. The Morgan fingerprint density at radius 3 is 2.95 bits per heavy atom. The van der Waals surface area contributed by atoms with Gasteiger partial charge in [0.25, 0.3) is 0 Å². The summed E-state index contributed by atoms with van der Waals surface area (Å²) >= 11 is 7.79. The van der Waals surface area contributed by atoms with Gasteiger partial charge in [0.15, 0.2) is 0 Å². The molecule has 0 bridgehead atoms. The van der Waals surface area contributed by atoms with Gasteiger partial charge in [-0.25, -0.2) is 4.79 Å². The van der Waals surface area contributed by atoms with E-state index in [9.17, 15) is 4.79 Å². The largest absolute Gasteiger partial charge is 0.322 e. The molecule has 1 aliphatic rings. The molecular formula is C14H15ClN4OS. The first-order valence-corrected chi connectivity index (χ1v) is 8.17. The standard InChI is InChI=1S/C14H15ClN4OS/c15-11-3-1-10(2-4-11)13-9-21-6-5-19(13)14(20)18-12-7-16-17-8-12/h1-4,7-8,13H,5-6,9H2,(H,16,17)(H,18,20)/t13-/m1/s1. The van der Waals surface area contributed by atoms with Crippen LogP contribution in [0.3, 0.4) is 0 Å². The molecule has 1 aromatic carbocycles. The van der Waals surface area contributed by atoms with E-state index >= 15 is 0 Å². The first-order chi connectivity index (χ1) is 10.2. The fourth-order valence-corrected chi connectivity index (χ4v) is 3.54. The van der Waals surface area contributed by atoms with Crippen molar-refractivity contribution in [2.75, 3.05) is 23.4 Å². The van der Waals surface area contributed by atoms with Crippen LogP contribution < -0.4 is 5.32 Å². The van der Waals surface area contributed by atoms with Gasteiger partial charge in [-0.3, -0.25) is 5.10 Å². The van der Waals surface area contributed by atoms with Crippen LogP contribution >= 0.6 is 23.4 Å². The van der Waals surface area contributed by atoms with E-state index in [2.05, 4.69) is 15.5 Å². The van der Waals surface area contributed by atoms with Gasteiger partial charge < -0.3 is 10.2 Å². The van der Waals surface area contributed by atoms with Gasteiger partial charge in [-0.1, -0.05) is 23.7 Å². The highest BCUT2D eigenvalue weighted by Crippen LogP contribution is 2.30. The van der Waals surface area contributed by atoms with Crippen molar-refractivity contribution in [2.24, 2.45) is 0 Å². The number of rotatable bonds is 2. The van der Waals surface area contributed by atoms with Crippen LogP contribution in [0.15, 0.2) is 36.7 Å². The Bertz CT molecular complexity index is 602. The molecule has 1 saturated heterocycles. The smallest absolute Gasteiger partial charge is 0.316 e. The van der Waals surface area contributed by atoms with Gasteiger partial charge in [-0.2, -0.15) is 16.9 Å². The summed E-state index contributed by atoms with van der Waals surface area (Å²) in [7, 11) is 0. The van der Waals surface area contributed by atoms with E-state index in [1.54, 1.807) is 12.4 Å². The van der Waals surface area contributed by atoms with Crippen molar-refractivity contribution in [3.05, 3.63) is 47.2 Å². The molecule has 0 unspecified atom stereocenters. The quantitative estimate of drug-likeness (QED) is 0.891. The Morgan fingerprint density at radius 2 is 2.24 bits per heavy atom. The summed E-state index contributed by atoms with van der Waals surface area (Å²) in [6, 6.07) is 7.66. The van der Waals surface area contributed by atoms with Crippen molar-refractivity contribution in [3.63, 3.8) is 0 Å². The van der Waals surface area contributed by atoms with Crippen molar-refractivity contribution in [3.8, 4) is 0 Å². The molecule has 2 N–H and O–H groups in total. The molecule has 110 valence electrons. The minimum atomic E-state index is -0.100. The van der Waals surface area contributed by atoms with Gasteiger partial charge in [0.2, 0.25) is 0 Å². The predicted octanol–water partition coefficient (Wildman–Crippen LogP) is 3.39. The van der Waals surface area contributed by atoms with E-state index in [4.69, 9.17) is 11.6 Å². The number of nitrogens with zero attached hydrogens (tertiary/aromatic N) is 2. The molecule has 3 rings (SSSR count). The number of H-pyrrole nitrogens is 1. The monoisotopic (exact) mass is 322 g/mol. The van der Waals surface area contributed by atoms with Gasteiger partial charge in [0, 0.05) is 29.3 Å². The van der Waals surface area contributed by atoms with Gasteiger partial charge in [0.05, 0.1) is 17.9 Å². The van der Waals surface area contributed by atoms with Crippen molar-refractivity contribution in [1.82, 2.24) is 15.1 Å². The van der Waals surface area contributed by atoms with E-state index in [0.717, 1.165) is 23.6 Å². The fraction of sp³-hybridized carbons (Fsp3) is 0.286. The third kappa shape index (κ3) is 3.33. The first-order valence-electron chi connectivity index (χ1n) is 6.63. The molecule has 1 atom stereocenters. The molecule has 1 aromatic heterocycles. The molecule has 2 aromatic rings. The topological polar surface area (TPSA) is 61.0 Å². The van der Waals surface area contributed by atoms with Crippen molar-refractivity contribution >= 4 is 35.1 Å². The summed E-state index contributed by atoms with van der Waals surface area (Å²) in [5.41, 5.74) is 1.78. The average Bonchev–Trinajstić information content (AvgIpc) is 3.01. The Kier molecular flexibility index (Phi) is 4.36. The third-order valence-corrected chi connectivity index (χ3v) is 4.67. The lowest BCUT2D eigenvalue weighted by atomic mass is 10.1. The maximum atomic E-state index is 12.5. The zero-order valence-electron chi connectivity index (χ0n) is 11.3.